The van der Waals surface area contributed by atoms with Crippen molar-refractivity contribution in [2.45, 2.75) is 98.8 Å². The zero-order valence-electron chi connectivity index (χ0n) is 14.1. The Balaban J connectivity index is 4.06. The molecule has 0 spiro atoms. The van der Waals surface area contributed by atoms with Gasteiger partial charge in [-0.15, -0.1) is 0 Å². The van der Waals surface area contributed by atoms with Crippen molar-refractivity contribution >= 4 is 18.8 Å². The third kappa shape index (κ3) is 10.2. The molecule has 116 valence electrons. The van der Waals surface area contributed by atoms with Crippen LogP contribution >= 0.6 is 0 Å². The third-order valence-electron chi connectivity index (χ3n) is 4.05. The first-order chi connectivity index (χ1) is 9.24. The fraction of sp³-hybridized carbons (Fsp3) is 1.00. The van der Waals surface area contributed by atoms with Crippen molar-refractivity contribution in [2.24, 2.45) is 0 Å². The van der Waals surface area contributed by atoms with Crippen molar-refractivity contribution in [3.8, 4) is 0 Å². The molecule has 0 fully saturated rings. The van der Waals surface area contributed by atoms with Crippen LogP contribution in [0.4, 0.5) is 0 Å². The summed E-state index contributed by atoms with van der Waals surface area (Å²) in [5.41, 5.74) is 0. The number of rotatable bonds is 14. The van der Waals surface area contributed by atoms with Gasteiger partial charge in [0.25, 0.3) is 0 Å². The van der Waals surface area contributed by atoms with E-state index in [-0.39, 0.29) is 0 Å². The van der Waals surface area contributed by atoms with E-state index in [1.807, 2.05) is 0 Å². The summed E-state index contributed by atoms with van der Waals surface area (Å²) in [7, 11) is 0. The molecule has 0 heterocycles. The molecule has 1 nitrogen and oxygen atoms in total. The second-order valence-corrected chi connectivity index (χ2v) is 17.9. The van der Waals surface area contributed by atoms with Crippen LogP contribution in [0.5, 0.6) is 0 Å². The van der Waals surface area contributed by atoms with Crippen molar-refractivity contribution in [2.75, 3.05) is 6.61 Å². The van der Waals surface area contributed by atoms with Gasteiger partial charge >= 0.3 is 127 Å². The monoisotopic (exact) mass is 378 g/mol. The Bertz CT molecular complexity index is 176. The van der Waals surface area contributed by atoms with Crippen LogP contribution in [0, 0.1) is 0 Å². The summed E-state index contributed by atoms with van der Waals surface area (Å²) in [5.74, 6) is 0. The molecule has 0 aromatic rings. The summed E-state index contributed by atoms with van der Waals surface area (Å²) in [4.78, 5) is 0. The molecule has 0 aliphatic heterocycles. The Morgan fingerprint density at radius 2 is 1.16 bits per heavy atom. The summed E-state index contributed by atoms with van der Waals surface area (Å²) in [6.07, 6.45) is 12.3. The van der Waals surface area contributed by atoms with Gasteiger partial charge in [-0.25, -0.2) is 0 Å². The molecule has 0 amide bonds. The number of hydrogen-bond donors (Lipinski definition) is 0. The van der Waals surface area contributed by atoms with Crippen LogP contribution in [0.3, 0.4) is 0 Å². The van der Waals surface area contributed by atoms with Crippen molar-refractivity contribution in [1.29, 1.82) is 0 Å². The van der Waals surface area contributed by atoms with Crippen LogP contribution in [-0.2, 0) is 3.07 Å². The van der Waals surface area contributed by atoms with Gasteiger partial charge in [0.15, 0.2) is 0 Å². The summed E-state index contributed by atoms with van der Waals surface area (Å²) < 4.78 is 11.0. The maximum atomic E-state index is 6.60. The average molecular weight is 377 g/mol. The van der Waals surface area contributed by atoms with Gasteiger partial charge in [0.2, 0.25) is 0 Å². The fourth-order valence-electron chi connectivity index (χ4n) is 3.00. The molecule has 0 N–H and O–H groups in total. The SMILES string of the molecule is CCCCCCC[O][Sn]([CH2]CC)([CH2]CC)[CH2]CCC. The van der Waals surface area contributed by atoms with Gasteiger partial charge in [0.05, 0.1) is 0 Å². The molecule has 0 aliphatic rings. The summed E-state index contributed by atoms with van der Waals surface area (Å²) >= 11 is -2.20. The molecule has 0 aromatic carbocycles. The van der Waals surface area contributed by atoms with E-state index in [9.17, 15) is 0 Å². The second-order valence-electron chi connectivity index (χ2n) is 6.05. The molecule has 0 saturated heterocycles. The van der Waals surface area contributed by atoms with Crippen LogP contribution in [-0.4, -0.2) is 25.4 Å². The minimum absolute atomic E-state index is 1.07. The van der Waals surface area contributed by atoms with Crippen LogP contribution in [0.15, 0.2) is 0 Å². The summed E-state index contributed by atoms with van der Waals surface area (Å²) in [5, 5.41) is 0. The molecule has 0 unspecified atom stereocenters. The van der Waals surface area contributed by atoms with E-state index in [1.165, 1.54) is 71.1 Å². The van der Waals surface area contributed by atoms with Gasteiger partial charge in [-0.05, 0) is 0 Å². The van der Waals surface area contributed by atoms with E-state index in [0.29, 0.717) is 0 Å². The topological polar surface area (TPSA) is 9.23 Å². The first-order valence-corrected chi connectivity index (χ1v) is 16.1. The van der Waals surface area contributed by atoms with Crippen LogP contribution < -0.4 is 0 Å². The first kappa shape index (κ1) is 19.8. The third-order valence-corrected chi connectivity index (χ3v) is 18.0. The normalized spacial score (nSPS) is 12.0. The Labute approximate surface area is 127 Å². The Morgan fingerprint density at radius 3 is 1.68 bits per heavy atom. The molecule has 0 bridgehead atoms. The average Bonchev–Trinajstić information content (AvgIpc) is 2.41. The van der Waals surface area contributed by atoms with Crippen molar-refractivity contribution in [3.63, 3.8) is 0 Å². The Kier molecular flexibility index (Phi) is 14.3. The van der Waals surface area contributed by atoms with E-state index in [4.69, 9.17) is 3.07 Å². The quantitative estimate of drug-likeness (QED) is 0.247. The van der Waals surface area contributed by atoms with E-state index >= 15 is 0 Å². The van der Waals surface area contributed by atoms with Crippen molar-refractivity contribution in [1.82, 2.24) is 0 Å². The summed E-state index contributed by atoms with van der Waals surface area (Å²) in [6, 6.07) is 0. The van der Waals surface area contributed by atoms with E-state index in [1.54, 1.807) is 0 Å². The predicted molar refractivity (Wildman–Crippen MR) is 90.4 cm³/mol. The van der Waals surface area contributed by atoms with Gasteiger partial charge < -0.3 is 0 Å². The van der Waals surface area contributed by atoms with Gasteiger partial charge in [-0.2, -0.15) is 0 Å². The summed E-state index contributed by atoms with van der Waals surface area (Å²) in [6.45, 7) is 10.4. The minimum atomic E-state index is -2.20. The van der Waals surface area contributed by atoms with Crippen LogP contribution in [0.25, 0.3) is 0 Å². The molecule has 0 atom stereocenters. The van der Waals surface area contributed by atoms with Crippen LogP contribution in [0.1, 0.15) is 85.5 Å². The number of hydrogen-bond acceptors (Lipinski definition) is 1. The second kappa shape index (κ2) is 13.7. The van der Waals surface area contributed by atoms with Crippen molar-refractivity contribution in [3.05, 3.63) is 0 Å². The molecule has 0 aromatic heterocycles. The van der Waals surface area contributed by atoms with Gasteiger partial charge in [0.1, 0.15) is 0 Å². The zero-order chi connectivity index (χ0) is 14.4. The maximum absolute atomic E-state index is 6.60. The van der Waals surface area contributed by atoms with Gasteiger partial charge in [-0.1, -0.05) is 0 Å². The molecule has 19 heavy (non-hydrogen) atoms. The predicted octanol–water partition coefficient (Wildman–Crippen LogP) is 6.54. The molecule has 0 rings (SSSR count). The molecular formula is C17H38OSn. The van der Waals surface area contributed by atoms with E-state index in [0.717, 1.165) is 6.61 Å². The number of unbranched alkanes of at least 4 members (excludes halogenated alkanes) is 5. The van der Waals surface area contributed by atoms with E-state index < -0.39 is 18.8 Å². The van der Waals surface area contributed by atoms with Crippen molar-refractivity contribution < 1.29 is 3.07 Å². The molecular weight excluding hydrogens is 339 g/mol. The molecule has 2 heteroatoms. The van der Waals surface area contributed by atoms with Gasteiger partial charge in [0, 0.05) is 0 Å². The standard InChI is InChI=1S/C7H15O.C4H9.2C3H7.Sn/c1-2-3-4-5-6-7-8;1-3-4-2;2*1-3-2;/h2-7H2,1H3;1,3-4H2,2H3;2*1,3H2,2H3;/q-1;;;;+1. The molecule has 0 saturated carbocycles. The fourth-order valence-corrected chi connectivity index (χ4v) is 16.1. The Hall–Kier alpha value is 0.759. The van der Waals surface area contributed by atoms with Gasteiger partial charge in [-0.3, -0.25) is 0 Å². The molecule has 0 radical (unpaired) electrons. The first-order valence-electron chi connectivity index (χ1n) is 8.88. The Morgan fingerprint density at radius 1 is 0.579 bits per heavy atom. The molecule has 0 aliphatic carbocycles. The van der Waals surface area contributed by atoms with E-state index in [2.05, 4.69) is 27.7 Å². The zero-order valence-corrected chi connectivity index (χ0v) is 17.0. The van der Waals surface area contributed by atoms with Crippen LogP contribution in [0.2, 0.25) is 13.3 Å².